The molecule has 0 radical (unpaired) electrons. The molecule has 1 aliphatic rings. The Kier molecular flexibility index (Phi) is 63.7. The zero-order valence-corrected chi connectivity index (χ0v) is 57.5. The number of carbonyl (C=O) groups excluding carboxylic acids is 1. The lowest BCUT2D eigenvalue weighted by molar-refractivity contribution is -0.302. The number of carbonyl (C=O) groups is 1. The van der Waals surface area contributed by atoms with Gasteiger partial charge >= 0.3 is 0 Å². The average molecular weight is 1240 g/mol. The zero-order valence-electron chi connectivity index (χ0n) is 57.5. The van der Waals surface area contributed by atoms with E-state index >= 15 is 0 Å². The quantitative estimate of drug-likeness (QED) is 0.0261. The van der Waals surface area contributed by atoms with Gasteiger partial charge in [0.1, 0.15) is 24.4 Å². The molecule has 0 aromatic rings. The Balaban J connectivity index is 2.10. The fourth-order valence-electron chi connectivity index (χ4n) is 11.9. The Morgan fingerprint density at radius 1 is 0.398 bits per heavy atom. The van der Waals surface area contributed by atoms with Crippen LogP contribution in [0.1, 0.15) is 354 Å². The Hall–Kier alpha value is -2.63. The van der Waals surface area contributed by atoms with Gasteiger partial charge in [0.05, 0.1) is 25.4 Å². The van der Waals surface area contributed by atoms with Gasteiger partial charge in [-0.2, -0.15) is 0 Å². The molecule has 1 fully saturated rings. The van der Waals surface area contributed by atoms with E-state index in [1.165, 1.54) is 244 Å². The van der Waals surface area contributed by atoms with Crippen molar-refractivity contribution in [3.8, 4) is 0 Å². The highest BCUT2D eigenvalue weighted by Crippen LogP contribution is 2.24. The summed E-state index contributed by atoms with van der Waals surface area (Å²) in [7, 11) is 0. The minimum absolute atomic E-state index is 0.139. The first-order chi connectivity index (χ1) is 43.3. The largest absolute Gasteiger partial charge is 0.394 e. The van der Waals surface area contributed by atoms with Crippen LogP contribution < -0.4 is 5.32 Å². The lowest BCUT2D eigenvalue weighted by Gasteiger charge is -2.40. The maximum Gasteiger partial charge on any atom is 0.220 e. The molecule has 9 nitrogen and oxygen atoms in total. The lowest BCUT2D eigenvalue weighted by Crippen LogP contribution is -2.60. The van der Waals surface area contributed by atoms with Crippen molar-refractivity contribution in [2.75, 3.05) is 13.2 Å². The molecule has 1 amide bonds. The van der Waals surface area contributed by atoms with Gasteiger partial charge in [-0.25, -0.2) is 0 Å². The van der Waals surface area contributed by atoms with Crippen molar-refractivity contribution < 1.29 is 39.8 Å². The topological polar surface area (TPSA) is 149 Å². The number of hydrogen-bond acceptors (Lipinski definition) is 8. The number of hydrogen-bond donors (Lipinski definition) is 6. The maximum atomic E-state index is 13.2. The summed E-state index contributed by atoms with van der Waals surface area (Å²) in [5, 5.41) is 55.0. The second kappa shape index (κ2) is 67.3. The van der Waals surface area contributed by atoms with E-state index in [1.807, 2.05) is 0 Å². The van der Waals surface area contributed by atoms with Gasteiger partial charge in [-0.05, 0) is 70.6 Å². The van der Waals surface area contributed by atoms with Crippen molar-refractivity contribution in [2.45, 2.75) is 397 Å². The van der Waals surface area contributed by atoms with Gasteiger partial charge in [-0.15, -0.1) is 0 Å². The summed E-state index contributed by atoms with van der Waals surface area (Å²) in [5.41, 5.74) is 0. The van der Waals surface area contributed by atoms with Crippen molar-refractivity contribution in [1.29, 1.82) is 0 Å². The Morgan fingerprint density at radius 2 is 0.705 bits per heavy atom. The van der Waals surface area contributed by atoms with Gasteiger partial charge in [0.15, 0.2) is 6.29 Å². The maximum absolute atomic E-state index is 13.2. The Bertz CT molecular complexity index is 1670. The molecule has 0 saturated carbocycles. The third-order valence-corrected chi connectivity index (χ3v) is 17.8. The van der Waals surface area contributed by atoms with Crippen LogP contribution >= 0.6 is 0 Å². The molecule has 7 atom stereocenters. The standard InChI is InChI=1S/C79H143NO8/c1-3-5-7-9-11-13-15-17-19-21-23-25-27-29-31-33-35-36-37-38-39-41-43-45-47-49-51-53-55-57-59-61-63-65-67-69-75(83)80-72(71-87-79-78(86)77(85)76(84)74(70-81)88-79)73(82)68-66-64-62-60-58-56-54-52-50-48-46-44-42-40-34-32-30-28-26-24-22-20-18-16-14-12-10-8-6-4-2/h5,7,11,13,17,19,23,25,29,31,35-36,38-39,72-74,76-79,81-82,84-86H,3-4,6,8-10,12,14-16,18,20-22,24,26-28,30,32-34,37,40-71H2,1-2H3,(H,80,83)/b7-5-,13-11-,19-17-,25-23-,31-29-,36-35-,39-38-. The number of allylic oxidation sites excluding steroid dienone is 14. The highest BCUT2D eigenvalue weighted by Gasteiger charge is 2.44. The molecular weight excluding hydrogens is 1090 g/mol. The molecule has 0 spiro atoms. The summed E-state index contributed by atoms with van der Waals surface area (Å²) >= 11 is 0. The molecule has 1 heterocycles. The Labute approximate surface area is 543 Å². The fraction of sp³-hybridized carbons (Fsp3) is 0.810. The van der Waals surface area contributed by atoms with Crippen LogP contribution in [-0.4, -0.2) is 87.5 Å². The first kappa shape index (κ1) is 83.4. The van der Waals surface area contributed by atoms with Crippen LogP contribution in [0.15, 0.2) is 85.1 Å². The van der Waals surface area contributed by atoms with Crippen molar-refractivity contribution in [2.24, 2.45) is 0 Å². The summed E-state index contributed by atoms with van der Waals surface area (Å²) in [6.45, 7) is 3.77. The molecule has 7 unspecified atom stereocenters. The van der Waals surface area contributed by atoms with Gasteiger partial charge in [0, 0.05) is 6.42 Å². The smallest absolute Gasteiger partial charge is 0.220 e. The number of ether oxygens (including phenoxy) is 2. The first-order valence-corrected chi connectivity index (χ1v) is 37.8. The minimum Gasteiger partial charge on any atom is -0.394 e. The second-order valence-corrected chi connectivity index (χ2v) is 26.1. The lowest BCUT2D eigenvalue weighted by atomic mass is 9.99. The fourth-order valence-corrected chi connectivity index (χ4v) is 11.9. The van der Waals surface area contributed by atoms with Crippen molar-refractivity contribution in [3.05, 3.63) is 85.1 Å². The van der Waals surface area contributed by atoms with E-state index < -0.39 is 49.5 Å². The molecule has 0 bridgehead atoms. The Morgan fingerprint density at radius 3 is 1.05 bits per heavy atom. The van der Waals surface area contributed by atoms with E-state index in [1.54, 1.807) is 0 Å². The molecule has 1 rings (SSSR count). The average Bonchev–Trinajstić information content (AvgIpc) is 3.65. The normalized spacial score (nSPS) is 18.4. The number of unbranched alkanes of at least 4 members (excludes halogenated alkanes) is 42. The van der Waals surface area contributed by atoms with Gasteiger partial charge in [0.25, 0.3) is 0 Å². The van der Waals surface area contributed by atoms with Crippen molar-refractivity contribution in [3.63, 3.8) is 0 Å². The number of aliphatic hydroxyl groups excluding tert-OH is 5. The van der Waals surface area contributed by atoms with E-state index in [0.29, 0.717) is 12.8 Å². The zero-order chi connectivity index (χ0) is 63.5. The molecule has 0 aliphatic carbocycles. The number of amides is 1. The van der Waals surface area contributed by atoms with Crippen LogP contribution in [0.2, 0.25) is 0 Å². The summed E-state index contributed by atoms with van der Waals surface area (Å²) in [4.78, 5) is 13.2. The number of aliphatic hydroxyl groups is 5. The van der Waals surface area contributed by atoms with Crippen molar-refractivity contribution >= 4 is 5.91 Å². The van der Waals surface area contributed by atoms with Gasteiger partial charge in [-0.1, -0.05) is 362 Å². The van der Waals surface area contributed by atoms with E-state index in [-0.39, 0.29) is 12.5 Å². The molecule has 0 aromatic carbocycles. The summed E-state index contributed by atoms with van der Waals surface area (Å²) < 4.78 is 11.4. The van der Waals surface area contributed by atoms with Crippen LogP contribution in [0.3, 0.4) is 0 Å². The highest BCUT2D eigenvalue weighted by molar-refractivity contribution is 5.76. The summed E-state index contributed by atoms with van der Waals surface area (Å²) in [6.07, 6.45) is 89.5. The molecular formula is C79H143NO8. The highest BCUT2D eigenvalue weighted by atomic mass is 16.7. The minimum atomic E-state index is -1.56. The van der Waals surface area contributed by atoms with Gasteiger partial charge in [-0.3, -0.25) is 4.79 Å². The van der Waals surface area contributed by atoms with E-state index in [0.717, 1.165) is 83.5 Å². The molecule has 512 valence electrons. The first-order valence-electron chi connectivity index (χ1n) is 37.8. The summed E-state index contributed by atoms with van der Waals surface area (Å²) in [6, 6.07) is -0.726. The predicted octanol–water partition coefficient (Wildman–Crippen LogP) is 21.3. The summed E-state index contributed by atoms with van der Waals surface area (Å²) in [5.74, 6) is -0.143. The molecule has 0 aromatic heterocycles. The van der Waals surface area contributed by atoms with Crippen molar-refractivity contribution in [1.82, 2.24) is 5.32 Å². The molecule has 88 heavy (non-hydrogen) atoms. The second-order valence-electron chi connectivity index (χ2n) is 26.1. The molecule has 1 saturated heterocycles. The van der Waals surface area contributed by atoms with Crippen LogP contribution in [0, 0.1) is 0 Å². The number of rotatable bonds is 66. The third-order valence-electron chi connectivity index (χ3n) is 17.8. The molecule has 9 heteroatoms. The monoisotopic (exact) mass is 1230 g/mol. The van der Waals surface area contributed by atoms with Gasteiger partial charge < -0.3 is 40.3 Å². The van der Waals surface area contributed by atoms with Gasteiger partial charge in [0.2, 0.25) is 5.91 Å². The molecule has 6 N–H and O–H groups in total. The predicted molar refractivity (Wildman–Crippen MR) is 378 cm³/mol. The van der Waals surface area contributed by atoms with Crippen LogP contribution in [-0.2, 0) is 14.3 Å². The third kappa shape index (κ3) is 55.0. The van der Waals surface area contributed by atoms with Crippen LogP contribution in [0.25, 0.3) is 0 Å². The van der Waals surface area contributed by atoms with E-state index in [9.17, 15) is 30.3 Å². The SMILES string of the molecule is CC/C=C\C/C=C\C/C=C\C/C=C\C/C=C\C/C=C\C/C=C\CCCCCCCCCCCCCCCC(=O)NC(COC1OC(CO)C(O)C(O)C1O)C(O)CCCCCCCCCCCCCCCCCCCCCCCCCCCCCCCC. The van der Waals surface area contributed by atoms with E-state index in [2.05, 4.69) is 104 Å². The van der Waals surface area contributed by atoms with E-state index in [4.69, 9.17) is 9.47 Å². The van der Waals surface area contributed by atoms with Crippen LogP contribution in [0.5, 0.6) is 0 Å². The van der Waals surface area contributed by atoms with Crippen LogP contribution in [0.4, 0.5) is 0 Å². The molecule has 1 aliphatic heterocycles. The number of nitrogens with one attached hydrogen (secondary N) is 1.